The van der Waals surface area contributed by atoms with Gasteiger partial charge >= 0.3 is 5.97 Å². The summed E-state index contributed by atoms with van der Waals surface area (Å²) in [5.74, 6) is 0.494. The highest BCUT2D eigenvalue weighted by Gasteiger charge is 2.04. The maximum atomic E-state index is 10.9. The number of carbonyl (C=O) groups excluding carboxylic acids is 1. The van der Waals surface area contributed by atoms with E-state index in [0.717, 1.165) is 10.5 Å². The highest BCUT2D eigenvalue weighted by molar-refractivity contribution is 7.99. The molecule has 0 aromatic carbocycles. The van der Waals surface area contributed by atoms with Crippen LogP contribution in [0.4, 0.5) is 0 Å². The number of aryl methyl sites for hydroxylation is 1. The van der Waals surface area contributed by atoms with Crippen LogP contribution in [0.25, 0.3) is 0 Å². The summed E-state index contributed by atoms with van der Waals surface area (Å²) in [6.45, 7) is 1.96. The van der Waals surface area contributed by atoms with E-state index in [-0.39, 0.29) is 5.97 Å². The Kier molecular flexibility index (Phi) is 4.91. The van der Waals surface area contributed by atoms with Gasteiger partial charge in [-0.2, -0.15) is 0 Å². The number of thioether (sulfide) groups is 1. The van der Waals surface area contributed by atoms with Gasteiger partial charge in [0.15, 0.2) is 0 Å². The van der Waals surface area contributed by atoms with Crippen LogP contribution in [-0.4, -0.2) is 23.8 Å². The molecule has 82 valence electrons. The number of methoxy groups -OCH3 is 1. The Morgan fingerprint density at radius 3 is 3.07 bits per heavy atom. The summed E-state index contributed by atoms with van der Waals surface area (Å²) >= 11 is 7.35. The standard InChI is InChI=1S/C10H12ClNO2S/c1-7-6-12-9(11)5-8(7)15-4-3-10(13)14-2/h5-6H,3-4H2,1-2H3. The van der Waals surface area contributed by atoms with E-state index in [2.05, 4.69) is 9.72 Å². The first-order valence-electron chi connectivity index (χ1n) is 4.45. The van der Waals surface area contributed by atoms with Crippen LogP contribution in [0.1, 0.15) is 12.0 Å². The van der Waals surface area contributed by atoms with Crippen molar-refractivity contribution >= 4 is 29.3 Å². The molecule has 1 rings (SSSR count). The van der Waals surface area contributed by atoms with E-state index in [1.54, 1.807) is 24.0 Å². The largest absolute Gasteiger partial charge is 0.469 e. The number of halogens is 1. The average Bonchev–Trinajstić information content (AvgIpc) is 2.23. The summed E-state index contributed by atoms with van der Waals surface area (Å²) in [5.41, 5.74) is 1.06. The number of pyridine rings is 1. The van der Waals surface area contributed by atoms with Crippen molar-refractivity contribution in [2.75, 3.05) is 12.9 Å². The van der Waals surface area contributed by atoms with Crippen molar-refractivity contribution in [1.29, 1.82) is 0 Å². The molecule has 0 spiro atoms. The molecule has 0 bridgehead atoms. The van der Waals surface area contributed by atoms with Gasteiger partial charge in [0.05, 0.1) is 13.5 Å². The minimum atomic E-state index is -0.194. The molecule has 1 aromatic heterocycles. The first kappa shape index (κ1) is 12.3. The molecule has 0 aliphatic carbocycles. The molecule has 15 heavy (non-hydrogen) atoms. The molecular formula is C10H12ClNO2S. The van der Waals surface area contributed by atoms with Crippen LogP contribution in [0.3, 0.4) is 0 Å². The Labute approximate surface area is 98.2 Å². The molecule has 0 aliphatic rings. The zero-order valence-corrected chi connectivity index (χ0v) is 10.2. The average molecular weight is 246 g/mol. The Morgan fingerprint density at radius 2 is 2.40 bits per heavy atom. The third kappa shape index (κ3) is 4.10. The van der Waals surface area contributed by atoms with Gasteiger partial charge < -0.3 is 4.74 Å². The minimum absolute atomic E-state index is 0.194. The lowest BCUT2D eigenvalue weighted by Crippen LogP contribution is -2.01. The Balaban J connectivity index is 2.50. The third-order valence-electron chi connectivity index (χ3n) is 1.81. The van der Waals surface area contributed by atoms with Gasteiger partial charge in [-0.15, -0.1) is 11.8 Å². The Bertz CT molecular complexity index is 357. The highest BCUT2D eigenvalue weighted by Crippen LogP contribution is 2.24. The quantitative estimate of drug-likeness (QED) is 0.465. The third-order valence-corrected chi connectivity index (χ3v) is 3.18. The Hall–Kier alpha value is -0.740. The van der Waals surface area contributed by atoms with Crippen LogP contribution in [0.15, 0.2) is 17.2 Å². The molecule has 5 heteroatoms. The van der Waals surface area contributed by atoms with Crippen molar-refractivity contribution in [2.24, 2.45) is 0 Å². The van der Waals surface area contributed by atoms with Crippen molar-refractivity contribution in [3.05, 3.63) is 23.0 Å². The normalized spacial score (nSPS) is 10.1. The fourth-order valence-corrected chi connectivity index (χ4v) is 2.17. The molecule has 0 radical (unpaired) electrons. The molecule has 0 atom stereocenters. The maximum absolute atomic E-state index is 10.9. The van der Waals surface area contributed by atoms with E-state index in [1.807, 2.05) is 6.92 Å². The Morgan fingerprint density at radius 1 is 1.67 bits per heavy atom. The summed E-state index contributed by atoms with van der Waals surface area (Å²) in [5, 5.41) is 0.473. The number of nitrogens with zero attached hydrogens (tertiary/aromatic N) is 1. The second-order valence-electron chi connectivity index (χ2n) is 2.95. The summed E-state index contributed by atoms with van der Waals surface area (Å²) in [6, 6.07) is 1.80. The fourth-order valence-electron chi connectivity index (χ4n) is 0.983. The monoisotopic (exact) mass is 245 g/mol. The van der Waals surface area contributed by atoms with E-state index in [1.165, 1.54) is 7.11 Å². The minimum Gasteiger partial charge on any atom is -0.469 e. The first-order chi connectivity index (χ1) is 7.13. The second kappa shape index (κ2) is 5.98. The summed E-state index contributed by atoms with van der Waals surface area (Å²) in [7, 11) is 1.39. The first-order valence-corrected chi connectivity index (χ1v) is 5.81. The predicted octanol–water partition coefficient (Wildman–Crippen LogP) is 2.70. The van der Waals surface area contributed by atoms with Gasteiger partial charge in [-0.1, -0.05) is 11.6 Å². The lowest BCUT2D eigenvalue weighted by molar-refractivity contribution is -0.140. The van der Waals surface area contributed by atoms with Crippen molar-refractivity contribution in [3.63, 3.8) is 0 Å². The van der Waals surface area contributed by atoms with Crippen LogP contribution < -0.4 is 0 Å². The van der Waals surface area contributed by atoms with Gasteiger partial charge in [-0.25, -0.2) is 4.98 Å². The van der Waals surface area contributed by atoms with E-state index in [0.29, 0.717) is 17.3 Å². The zero-order chi connectivity index (χ0) is 11.3. The van der Waals surface area contributed by atoms with E-state index in [9.17, 15) is 4.79 Å². The number of hydrogen-bond acceptors (Lipinski definition) is 4. The van der Waals surface area contributed by atoms with Gasteiger partial charge in [0.1, 0.15) is 5.15 Å². The zero-order valence-electron chi connectivity index (χ0n) is 8.62. The van der Waals surface area contributed by atoms with Gasteiger partial charge in [0.2, 0.25) is 0 Å². The van der Waals surface area contributed by atoms with Crippen LogP contribution in [0, 0.1) is 6.92 Å². The molecule has 0 N–H and O–H groups in total. The lowest BCUT2D eigenvalue weighted by Gasteiger charge is -2.04. The van der Waals surface area contributed by atoms with Crippen molar-refractivity contribution in [2.45, 2.75) is 18.2 Å². The van der Waals surface area contributed by atoms with Crippen molar-refractivity contribution in [3.8, 4) is 0 Å². The SMILES string of the molecule is COC(=O)CCSc1cc(Cl)ncc1C. The van der Waals surface area contributed by atoms with Gasteiger partial charge in [-0.3, -0.25) is 4.79 Å². The van der Waals surface area contributed by atoms with Crippen LogP contribution in [0.5, 0.6) is 0 Å². The van der Waals surface area contributed by atoms with Crippen molar-refractivity contribution in [1.82, 2.24) is 4.98 Å². The van der Waals surface area contributed by atoms with Gasteiger partial charge in [0.25, 0.3) is 0 Å². The van der Waals surface area contributed by atoms with E-state index < -0.39 is 0 Å². The lowest BCUT2D eigenvalue weighted by atomic mass is 10.3. The molecule has 0 unspecified atom stereocenters. The molecule has 0 saturated carbocycles. The number of hydrogen-bond donors (Lipinski definition) is 0. The summed E-state index contributed by atoms with van der Waals surface area (Å²) in [6.07, 6.45) is 2.13. The van der Waals surface area contributed by atoms with Gasteiger partial charge in [-0.05, 0) is 18.6 Å². The highest BCUT2D eigenvalue weighted by atomic mass is 35.5. The molecule has 0 saturated heterocycles. The molecule has 1 heterocycles. The fraction of sp³-hybridized carbons (Fsp3) is 0.400. The molecular weight excluding hydrogens is 234 g/mol. The second-order valence-corrected chi connectivity index (χ2v) is 4.47. The number of aromatic nitrogens is 1. The van der Waals surface area contributed by atoms with E-state index in [4.69, 9.17) is 11.6 Å². The maximum Gasteiger partial charge on any atom is 0.306 e. The van der Waals surface area contributed by atoms with Crippen LogP contribution in [-0.2, 0) is 9.53 Å². The molecule has 0 aliphatic heterocycles. The van der Waals surface area contributed by atoms with Crippen LogP contribution in [0.2, 0.25) is 5.15 Å². The van der Waals surface area contributed by atoms with Gasteiger partial charge in [0, 0.05) is 16.8 Å². The summed E-state index contributed by atoms with van der Waals surface area (Å²) < 4.78 is 4.55. The molecule has 1 aromatic rings. The van der Waals surface area contributed by atoms with Crippen LogP contribution >= 0.6 is 23.4 Å². The number of esters is 1. The van der Waals surface area contributed by atoms with E-state index >= 15 is 0 Å². The summed E-state index contributed by atoms with van der Waals surface area (Å²) in [4.78, 5) is 15.9. The number of carbonyl (C=O) groups is 1. The molecule has 0 amide bonds. The number of ether oxygens (including phenoxy) is 1. The van der Waals surface area contributed by atoms with Crippen molar-refractivity contribution < 1.29 is 9.53 Å². The predicted molar refractivity (Wildman–Crippen MR) is 61.3 cm³/mol. The smallest absolute Gasteiger partial charge is 0.306 e. The molecule has 0 fully saturated rings. The molecule has 3 nitrogen and oxygen atoms in total. The number of rotatable bonds is 4. The topological polar surface area (TPSA) is 39.2 Å².